The maximum atomic E-state index is 13.7. The number of rotatable bonds is 2. The first-order valence-electron chi connectivity index (χ1n) is 9.79. The van der Waals surface area contributed by atoms with Gasteiger partial charge < -0.3 is 8.94 Å². The van der Waals surface area contributed by atoms with Crippen LogP contribution in [0.3, 0.4) is 0 Å². The Morgan fingerprint density at radius 1 is 0.968 bits per heavy atom. The molecular formula is C24H15N3O4. The van der Waals surface area contributed by atoms with Gasteiger partial charge in [-0.15, -0.1) is 0 Å². The van der Waals surface area contributed by atoms with Gasteiger partial charge in [-0.05, 0) is 36.1 Å². The predicted molar refractivity (Wildman–Crippen MR) is 114 cm³/mol. The molecule has 4 heterocycles. The zero-order valence-electron chi connectivity index (χ0n) is 16.4. The Hall–Kier alpha value is -4.26. The summed E-state index contributed by atoms with van der Waals surface area (Å²) in [5.74, 6) is 0.472. The molecule has 0 bridgehead atoms. The van der Waals surface area contributed by atoms with Gasteiger partial charge in [-0.3, -0.25) is 19.5 Å². The highest BCUT2D eigenvalue weighted by Gasteiger charge is 2.45. The van der Waals surface area contributed by atoms with Gasteiger partial charge in [-0.2, -0.15) is 0 Å². The van der Waals surface area contributed by atoms with E-state index in [2.05, 4.69) is 10.1 Å². The van der Waals surface area contributed by atoms with E-state index in [0.717, 1.165) is 16.3 Å². The first-order chi connectivity index (χ1) is 15.1. The fourth-order valence-corrected chi connectivity index (χ4v) is 4.26. The number of hydrogen-bond donors (Lipinski definition) is 0. The Balaban J connectivity index is 1.70. The number of pyridine rings is 1. The van der Waals surface area contributed by atoms with Crippen molar-refractivity contribution in [1.82, 2.24) is 10.1 Å². The number of benzene rings is 2. The molecule has 0 aliphatic carbocycles. The van der Waals surface area contributed by atoms with Gasteiger partial charge in [-0.1, -0.05) is 35.5 Å². The predicted octanol–water partition coefficient (Wildman–Crippen LogP) is 4.39. The second kappa shape index (κ2) is 6.37. The van der Waals surface area contributed by atoms with Crippen molar-refractivity contribution in [3.63, 3.8) is 0 Å². The fraction of sp³-hybridized carbons (Fsp3) is 0.0833. The van der Waals surface area contributed by atoms with Crippen molar-refractivity contribution in [2.75, 3.05) is 4.90 Å². The molecule has 3 aromatic heterocycles. The van der Waals surface area contributed by atoms with Gasteiger partial charge in [0.15, 0.2) is 11.2 Å². The minimum absolute atomic E-state index is 0.0244. The summed E-state index contributed by atoms with van der Waals surface area (Å²) in [4.78, 5) is 32.7. The van der Waals surface area contributed by atoms with Crippen molar-refractivity contribution in [3.8, 4) is 0 Å². The van der Waals surface area contributed by atoms with E-state index in [1.165, 1.54) is 4.90 Å². The summed E-state index contributed by atoms with van der Waals surface area (Å²) in [7, 11) is 0. The number of carbonyl (C=O) groups excluding carboxylic acids is 1. The summed E-state index contributed by atoms with van der Waals surface area (Å²) in [5, 5.41) is 6.17. The standard InChI is InChI=1S/C24H15N3O4/c1-13-12-18(26-31-13)27-20(15-8-10-25-11-9-15)19-21(28)17-7-6-14-4-2-3-5-16(14)22(17)30-23(19)24(27)29/h2-12,20H,1H3. The Kier molecular flexibility index (Phi) is 3.61. The molecule has 0 saturated carbocycles. The lowest BCUT2D eigenvalue weighted by Crippen LogP contribution is -2.29. The molecule has 1 aliphatic heterocycles. The quantitative estimate of drug-likeness (QED) is 0.402. The average Bonchev–Trinajstić information content (AvgIpc) is 3.35. The highest BCUT2D eigenvalue weighted by Crippen LogP contribution is 2.41. The maximum Gasteiger partial charge on any atom is 0.296 e. The minimum atomic E-state index is -0.692. The van der Waals surface area contributed by atoms with Crippen molar-refractivity contribution in [2.24, 2.45) is 0 Å². The lowest BCUT2D eigenvalue weighted by Gasteiger charge is -2.22. The Bertz CT molecular complexity index is 1550. The van der Waals surface area contributed by atoms with Crippen LogP contribution in [-0.2, 0) is 0 Å². The number of carbonyl (C=O) groups is 1. The lowest BCUT2D eigenvalue weighted by atomic mass is 9.98. The molecule has 1 amide bonds. The third-order valence-corrected chi connectivity index (χ3v) is 5.65. The smallest absolute Gasteiger partial charge is 0.296 e. The topological polar surface area (TPSA) is 89.4 Å². The van der Waals surface area contributed by atoms with Crippen LogP contribution < -0.4 is 10.3 Å². The van der Waals surface area contributed by atoms with E-state index in [1.807, 2.05) is 30.3 Å². The molecule has 31 heavy (non-hydrogen) atoms. The maximum absolute atomic E-state index is 13.7. The summed E-state index contributed by atoms with van der Waals surface area (Å²) < 4.78 is 11.4. The highest BCUT2D eigenvalue weighted by atomic mass is 16.5. The summed E-state index contributed by atoms with van der Waals surface area (Å²) in [6, 6.07) is 15.8. The zero-order chi connectivity index (χ0) is 21.1. The highest BCUT2D eigenvalue weighted by molar-refractivity contribution is 6.12. The summed E-state index contributed by atoms with van der Waals surface area (Å²) >= 11 is 0. The number of fused-ring (bicyclic) bond motifs is 4. The van der Waals surface area contributed by atoms with E-state index >= 15 is 0 Å². The van der Waals surface area contributed by atoms with Gasteiger partial charge in [-0.25, -0.2) is 0 Å². The van der Waals surface area contributed by atoms with Crippen LogP contribution in [0.25, 0.3) is 21.7 Å². The van der Waals surface area contributed by atoms with E-state index in [9.17, 15) is 9.59 Å². The Labute approximate surface area is 175 Å². The minimum Gasteiger partial charge on any atom is -0.450 e. The third-order valence-electron chi connectivity index (χ3n) is 5.65. The van der Waals surface area contributed by atoms with Crippen LogP contribution in [0.4, 0.5) is 5.82 Å². The number of aromatic nitrogens is 2. The monoisotopic (exact) mass is 409 g/mol. The van der Waals surface area contributed by atoms with Crippen molar-refractivity contribution in [2.45, 2.75) is 13.0 Å². The molecule has 1 atom stereocenters. The van der Waals surface area contributed by atoms with Crippen LogP contribution in [0.15, 0.2) is 80.7 Å². The van der Waals surface area contributed by atoms with Gasteiger partial charge in [0.2, 0.25) is 5.76 Å². The normalized spacial score (nSPS) is 15.7. The van der Waals surface area contributed by atoms with Crippen molar-refractivity contribution in [3.05, 3.63) is 99.9 Å². The van der Waals surface area contributed by atoms with E-state index in [4.69, 9.17) is 8.94 Å². The van der Waals surface area contributed by atoms with E-state index in [0.29, 0.717) is 28.1 Å². The van der Waals surface area contributed by atoms with Crippen LogP contribution in [-0.4, -0.2) is 16.0 Å². The molecule has 0 fully saturated rings. The molecule has 7 nitrogen and oxygen atoms in total. The van der Waals surface area contributed by atoms with E-state index in [-0.39, 0.29) is 11.2 Å². The first-order valence-corrected chi connectivity index (χ1v) is 9.79. The zero-order valence-corrected chi connectivity index (χ0v) is 16.4. The van der Waals surface area contributed by atoms with Crippen LogP contribution >= 0.6 is 0 Å². The van der Waals surface area contributed by atoms with E-state index < -0.39 is 11.9 Å². The Morgan fingerprint density at radius 3 is 2.55 bits per heavy atom. The van der Waals surface area contributed by atoms with Crippen molar-refractivity contribution >= 4 is 33.5 Å². The second-order valence-electron chi connectivity index (χ2n) is 7.49. The molecule has 0 N–H and O–H groups in total. The molecule has 1 unspecified atom stereocenters. The molecule has 7 heteroatoms. The van der Waals surface area contributed by atoms with Gasteiger partial charge in [0.1, 0.15) is 11.3 Å². The molecular weight excluding hydrogens is 394 g/mol. The van der Waals surface area contributed by atoms with Gasteiger partial charge in [0.25, 0.3) is 5.91 Å². The molecule has 1 aliphatic rings. The Morgan fingerprint density at radius 2 is 1.77 bits per heavy atom. The number of hydrogen-bond acceptors (Lipinski definition) is 6. The molecule has 0 saturated heterocycles. The third kappa shape index (κ3) is 2.46. The summed E-state index contributed by atoms with van der Waals surface area (Å²) in [5.41, 5.74) is 1.19. The molecule has 0 spiro atoms. The molecule has 5 aromatic rings. The fourth-order valence-electron chi connectivity index (χ4n) is 4.26. The SMILES string of the molecule is Cc1cc(N2C(=O)c3oc4c(ccc5ccccc54)c(=O)c3C2c2ccncc2)no1. The summed E-state index contributed by atoms with van der Waals surface area (Å²) in [6.45, 7) is 1.75. The van der Waals surface area contributed by atoms with Gasteiger partial charge >= 0.3 is 0 Å². The van der Waals surface area contributed by atoms with Crippen LogP contribution in [0.2, 0.25) is 0 Å². The summed E-state index contributed by atoms with van der Waals surface area (Å²) in [6.07, 6.45) is 3.25. The number of nitrogens with zero attached hydrogens (tertiary/aromatic N) is 3. The van der Waals surface area contributed by atoms with E-state index in [1.54, 1.807) is 43.6 Å². The molecule has 2 aromatic carbocycles. The van der Waals surface area contributed by atoms with Crippen molar-refractivity contribution in [1.29, 1.82) is 0 Å². The molecule has 6 rings (SSSR count). The molecule has 0 radical (unpaired) electrons. The second-order valence-corrected chi connectivity index (χ2v) is 7.49. The van der Waals surface area contributed by atoms with Gasteiger partial charge in [0, 0.05) is 23.8 Å². The molecule has 150 valence electrons. The average molecular weight is 409 g/mol. The first kappa shape index (κ1) is 17.6. The van der Waals surface area contributed by atoms with Crippen molar-refractivity contribution < 1.29 is 13.7 Å². The van der Waals surface area contributed by atoms with Crippen LogP contribution in [0, 0.1) is 6.92 Å². The van der Waals surface area contributed by atoms with Crippen LogP contribution in [0.5, 0.6) is 0 Å². The largest absolute Gasteiger partial charge is 0.450 e. The number of anilines is 1. The lowest BCUT2D eigenvalue weighted by molar-refractivity contribution is 0.0969. The van der Waals surface area contributed by atoms with Gasteiger partial charge in [0.05, 0.1) is 17.0 Å². The number of amides is 1. The number of aryl methyl sites for hydroxylation is 1. The van der Waals surface area contributed by atoms with Crippen LogP contribution in [0.1, 0.15) is 33.5 Å².